The normalized spacial score (nSPS) is 10.4. The second-order valence-corrected chi connectivity index (χ2v) is 8.57. The number of nitrogens with zero attached hydrogens (tertiary/aromatic N) is 2. The molecule has 3 aromatic carbocycles. The van der Waals surface area contributed by atoms with Crippen LogP contribution in [0.25, 0.3) is 0 Å². The number of nitrogens with one attached hydrogen (secondary N) is 2. The Morgan fingerprint density at radius 3 is 2.29 bits per heavy atom. The molecule has 9 nitrogen and oxygen atoms in total. The highest BCUT2D eigenvalue weighted by Crippen LogP contribution is 2.27. The number of amides is 4. The molecule has 3 aromatic rings. The van der Waals surface area contributed by atoms with Gasteiger partial charge in [-0.1, -0.05) is 42.5 Å². The summed E-state index contributed by atoms with van der Waals surface area (Å²) < 4.78 is 14.5. The zero-order chi connectivity index (χ0) is 27.7. The minimum Gasteiger partial charge on any atom is -0.465 e. The summed E-state index contributed by atoms with van der Waals surface area (Å²) in [6.45, 7) is -0.293. The van der Waals surface area contributed by atoms with E-state index in [2.05, 4.69) is 10.6 Å². The molecule has 0 heterocycles. The van der Waals surface area contributed by atoms with Gasteiger partial charge in [0.1, 0.15) is 12.4 Å². The second-order valence-electron chi connectivity index (χ2n) is 8.19. The molecule has 0 saturated carbocycles. The molecule has 4 amide bonds. The molecule has 3 rings (SSSR count). The first-order valence-electron chi connectivity index (χ1n) is 11.5. The molecule has 0 atom stereocenters. The van der Waals surface area contributed by atoms with Crippen LogP contribution in [0.4, 0.5) is 25.4 Å². The van der Waals surface area contributed by atoms with Gasteiger partial charge in [0, 0.05) is 37.3 Å². The molecular weight excluding hydrogens is 515 g/mol. The Labute approximate surface area is 223 Å². The van der Waals surface area contributed by atoms with Crippen LogP contribution in [0.1, 0.15) is 21.5 Å². The molecule has 0 fully saturated rings. The maximum atomic E-state index is 14.5. The average Bonchev–Trinajstić information content (AvgIpc) is 2.91. The summed E-state index contributed by atoms with van der Waals surface area (Å²) in [4.78, 5) is 52.5. The first kappa shape index (κ1) is 28.1. The van der Waals surface area contributed by atoms with Gasteiger partial charge in [-0.25, -0.2) is 14.0 Å². The summed E-state index contributed by atoms with van der Waals surface area (Å²) in [5.74, 6) is -1.89. The van der Waals surface area contributed by atoms with Crippen LogP contribution in [-0.4, -0.2) is 59.8 Å². The number of likely N-dealkylation sites (N-methyl/N-ethyl adjacent to an activating group) is 1. The Hall–Kier alpha value is -4.44. The number of alkyl halides is 1. The highest BCUT2D eigenvalue weighted by atomic mass is 35.5. The molecule has 0 spiro atoms. The van der Waals surface area contributed by atoms with E-state index < -0.39 is 36.2 Å². The Balaban J connectivity index is 1.92. The number of rotatable bonds is 10. The zero-order valence-electron chi connectivity index (χ0n) is 20.5. The summed E-state index contributed by atoms with van der Waals surface area (Å²) >= 11 is 5.58. The van der Waals surface area contributed by atoms with Gasteiger partial charge in [0.15, 0.2) is 5.78 Å². The van der Waals surface area contributed by atoms with Gasteiger partial charge in [-0.05, 0) is 35.9 Å². The molecule has 0 saturated heterocycles. The fourth-order valence-electron chi connectivity index (χ4n) is 3.61. The quantitative estimate of drug-likeness (QED) is 0.257. The SMILES string of the molecule is CN(C(=O)CN(Cc1ccccc1)C(=O)O)c1ccc(NC(=O)NCCCl)cc1C(=O)c1ccccc1F. The van der Waals surface area contributed by atoms with E-state index in [1.807, 2.05) is 0 Å². The van der Waals surface area contributed by atoms with Crippen LogP contribution >= 0.6 is 11.6 Å². The van der Waals surface area contributed by atoms with Crippen molar-refractivity contribution in [2.75, 3.05) is 36.2 Å². The van der Waals surface area contributed by atoms with Crippen molar-refractivity contribution in [1.29, 1.82) is 0 Å². The number of carboxylic acid groups (broad SMARTS) is 1. The lowest BCUT2D eigenvalue weighted by Gasteiger charge is -2.25. The van der Waals surface area contributed by atoms with Gasteiger partial charge in [0.2, 0.25) is 5.91 Å². The number of ketones is 1. The number of carbonyl (C=O) groups is 4. The van der Waals surface area contributed by atoms with E-state index in [4.69, 9.17) is 11.6 Å². The van der Waals surface area contributed by atoms with Crippen LogP contribution in [-0.2, 0) is 11.3 Å². The van der Waals surface area contributed by atoms with E-state index in [1.165, 1.54) is 43.4 Å². The lowest BCUT2D eigenvalue weighted by molar-refractivity contribution is -0.119. The minimum absolute atomic E-state index is 0.0168. The number of benzene rings is 3. The number of urea groups is 1. The summed E-state index contributed by atoms with van der Waals surface area (Å²) in [5.41, 5.74) is 0.738. The lowest BCUT2D eigenvalue weighted by atomic mass is 9.99. The molecule has 0 bridgehead atoms. The van der Waals surface area contributed by atoms with Gasteiger partial charge in [-0.3, -0.25) is 14.5 Å². The molecule has 0 unspecified atom stereocenters. The standard InChI is InChI=1S/C27H26ClFN4O5/c1-32(24(34)17-33(27(37)38)16-18-7-3-2-4-8-18)23-12-11-19(31-26(36)30-14-13-28)15-21(23)25(35)20-9-5-6-10-22(20)29/h2-12,15H,13-14,16-17H2,1H3,(H,37,38)(H2,30,31,36). The maximum Gasteiger partial charge on any atom is 0.408 e. The number of carbonyl (C=O) groups excluding carboxylic acids is 3. The number of hydrogen-bond acceptors (Lipinski definition) is 4. The summed E-state index contributed by atoms with van der Waals surface area (Å²) in [6, 6.07) is 17.8. The van der Waals surface area contributed by atoms with Gasteiger partial charge in [0.25, 0.3) is 0 Å². The molecule has 0 radical (unpaired) electrons. The Morgan fingerprint density at radius 2 is 1.63 bits per heavy atom. The van der Waals surface area contributed by atoms with Crippen LogP contribution in [0.15, 0.2) is 72.8 Å². The van der Waals surface area contributed by atoms with Crippen molar-refractivity contribution in [2.45, 2.75) is 6.54 Å². The maximum absolute atomic E-state index is 14.5. The smallest absolute Gasteiger partial charge is 0.408 e. The van der Waals surface area contributed by atoms with Crippen molar-refractivity contribution in [1.82, 2.24) is 10.2 Å². The largest absolute Gasteiger partial charge is 0.465 e. The van der Waals surface area contributed by atoms with E-state index in [0.717, 1.165) is 15.9 Å². The minimum atomic E-state index is -1.29. The molecule has 11 heteroatoms. The second kappa shape index (κ2) is 13.2. The van der Waals surface area contributed by atoms with Gasteiger partial charge < -0.3 is 20.6 Å². The van der Waals surface area contributed by atoms with Crippen molar-refractivity contribution in [3.05, 3.63) is 95.3 Å². The van der Waals surface area contributed by atoms with E-state index in [1.54, 1.807) is 30.3 Å². The van der Waals surface area contributed by atoms with Crippen molar-refractivity contribution >= 4 is 46.8 Å². The average molecular weight is 541 g/mol. The molecule has 0 aliphatic carbocycles. The zero-order valence-corrected chi connectivity index (χ0v) is 21.2. The predicted octanol–water partition coefficient (Wildman–Crippen LogP) is 4.56. The monoisotopic (exact) mass is 540 g/mol. The molecule has 3 N–H and O–H groups in total. The van der Waals surface area contributed by atoms with Crippen molar-refractivity contribution in [3.8, 4) is 0 Å². The van der Waals surface area contributed by atoms with Crippen molar-refractivity contribution in [3.63, 3.8) is 0 Å². The van der Waals surface area contributed by atoms with Gasteiger partial charge >= 0.3 is 12.1 Å². The molecule has 0 aromatic heterocycles. The number of halogens is 2. The Bertz CT molecular complexity index is 1320. The summed E-state index contributed by atoms with van der Waals surface area (Å²) in [7, 11) is 1.39. The van der Waals surface area contributed by atoms with Gasteiger partial charge in [-0.15, -0.1) is 11.6 Å². The first-order chi connectivity index (χ1) is 18.2. The van der Waals surface area contributed by atoms with Crippen molar-refractivity contribution in [2.24, 2.45) is 0 Å². The van der Waals surface area contributed by atoms with Gasteiger partial charge in [-0.2, -0.15) is 0 Å². The Morgan fingerprint density at radius 1 is 0.947 bits per heavy atom. The molecule has 0 aliphatic heterocycles. The first-order valence-corrected chi connectivity index (χ1v) is 12.1. The van der Waals surface area contributed by atoms with E-state index in [-0.39, 0.29) is 41.5 Å². The van der Waals surface area contributed by atoms with Crippen molar-refractivity contribution < 1.29 is 28.7 Å². The number of hydrogen-bond donors (Lipinski definition) is 3. The molecule has 38 heavy (non-hydrogen) atoms. The molecule has 0 aliphatic rings. The summed E-state index contributed by atoms with van der Waals surface area (Å²) in [5, 5.41) is 14.7. The summed E-state index contributed by atoms with van der Waals surface area (Å²) in [6.07, 6.45) is -1.29. The Kier molecular flexibility index (Phi) is 9.78. The molecular formula is C27H26ClFN4O5. The third-order valence-electron chi connectivity index (χ3n) is 5.55. The number of anilines is 2. The topological polar surface area (TPSA) is 119 Å². The highest BCUT2D eigenvalue weighted by molar-refractivity contribution is 6.18. The third-order valence-corrected chi connectivity index (χ3v) is 5.73. The van der Waals surface area contributed by atoms with Gasteiger partial charge in [0.05, 0.1) is 11.3 Å². The highest BCUT2D eigenvalue weighted by Gasteiger charge is 2.25. The fourth-order valence-corrected chi connectivity index (χ4v) is 3.71. The third kappa shape index (κ3) is 7.30. The fraction of sp³-hybridized carbons (Fsp3) is 0.185. The van der Waals surface area contributed by atoms with Crippen LogP contribution < -0.4 is 15.5 Å². The van der Waals surface area contributed by atoms with Crippen LogP contribution in [0.2, 0.25) is 0 Å². The van der Waals surface area contributed by atoms with E-state index in [9.17, 15) is 28.7 Å². The predicted molar refractivity (Wildman–Crippen MR) is 142 cm³/mol. The van der Waals surface area contributed by atoms with E-state index >= 15 is 0 Å². The van der Waals surface area contributed by atoms with E-state index in [0.29, 0.717) is 5.56 Å². The molecule has 198 valence electrons. The van der Waals surface area contributed by atoms with Crippen LogP contribution in [0.3, 0.4) is 0 Å². The lowest BCUT2D eigenvalue weighted by Crippen LogP contribution is -2.41. The van der Waals surface area contributed by atoms with Crippen LogP contribution in [0, 0.1) is 5.82 Å². The van der Waals surface area contributed by atoms with Crippen LogP contribution in [0.5, 0.6) is 0 Å².